The average Bonchev–Trinajstić information content (AvgIpc) is 2.43. The third-order valence-electron chi connectivity index (χ3n) is 2.88. The summed E-state index contributed by atoms with van der Waals surface area (Å²) < 4.78 is 33.6. The first-order valence-electron chi connectivity index (χ1n) is 7.17. The van der Waals surface area contributed by atoms with Gasteiger partial charge in [0.1, 0.15) is 5.75 Å². The van der Waals surface area contributed by atoms with E-state index < -0.39 is 10.2 Å². The summed E-state index contributed by atoms with van der Waals surface area (Å²) in [5, 5.41) is 3.17. The summed E-state index contributed by atoms with van der Waals surface area (Å²) in [4.78, 5) is 0. The van der Waals surface area contributed by atoms with Crippen LogP contribution >= 0.6 is 0 Å². The molecular weight excluding hydrogens is 290 g/mol. The molecule has 0 saturated carbocycles. The fourth-order valence-corrected chi connectivity index (χ4v) is 2.72. The minimum atomic E-state index is -3.53. The van der Waals surface area contributed by atoms with Crippen molar-refractivity contribution in [3.8, 4) is 5.75 Å². The van der Waals surface area contributed by atoms with Gasteiger partial charge >= 0.3 is 10.2 Å². The van der Waals surface area contributed by atoms with Gasteiger partial charge < -0.3 is 10.1 Å². The van der Waals surface area contributed by atoms with Crippen LogP contribution in [0.2, 0.25) is 0 Å². The molecule has 7 heteroatoms. The van der Waals surface area contributed by atoms with Gasteiger partial charge in [-0.3, -0.25) is 4.72 Å². The van der Waals surface area contributed by atoms with Gasteiger partial charge in [0.15, 0.2) is 0 Å². The number of ether oxygens (including phenoxy) is 1. The minimum Gasteiger partial charge on any atom is -0.494 e. The second-order valence-electron chi connectivity index (χ2n) is 4.60. The number of anilines is 1. The van der Waals surface area contributed by atoms with Gasteiger partial charge in [-0.25, -0.2) is 0 Å². The number of nitrogens with one attached hydrogen (secondary N) is 2. The zero-order valence-electron chi connectivity index (χ0n) is 12.9. The third kappa shape index (κ3) is 6.33. The smallest absolute Gasteiger partial charge is 0.301 e. The van der Waals surface area contributed by atoms with Crippen LogP contribution in [0.1, 0.15) is 20.3 Å². The molecule has 0 fully saturated rings. The van der Waals surface area contributed by atoms with Gasteiger partial charge in [0, 0.05) is 19.7 Å². The van der Waals surface area contributed by atoms with Crippen molar-refractivity contribution in [2.45, 2.75) is 20.3 Å². The highest BCUT2D eigenvalue weighted by molar-refractivity contribution is 7.90. The lowest BCUT2D eigenvalue weighted by Gasteiger charge is -2.18. The third-order valence-corrected chi connectivity index (χ3v) is 4.38. The normalized spacial score (nSPS) is 11.6. The zero-order valence-corrected chi connectivity index (χ0v) is 13.7. The molecule has 0 spiro atoms. The van der Waals surface area contributed by atoms with Crippen LogP contribution in [0.3, 0.4) is 0 Å². The van der Waals surface area contributed by atoms with Gasteiger partial charge in [0.25, 0.3) is 0 Å². The van der Waals surface area contributed by atoms with Crippen molar-refractivity contribution in [1.29, 1.82) is 0 Å². The highest BCUT2D eigenvalue weighted by atomic mass is 32.2. The molecule has 0 bridgehead atoms. The maximum atomic E-state index is 12.2. The van der Waals surface area contributed by atoms with E-state index in [2.05, 4.69) is 10.0 Å². The SMILES string of the molecule is CCNCCCN(C)S(=O)(=O)Nc1cccc(OCC)c1. The van der Waals surface area contributed by atoms with Crippen LogP contribution < -0.4 is 14.8 Å². The Balaban J connectivity index is 2.60. The average molecular weight is 315 g/mol. The second-order valence-corrected chi connectivity index (χ2v) is 6.37. The molecule has 0 aliphatic rings. The first-order chi connectivity index (χ1) is 9.99. The molecule has 6 nitrogen and oxygen atoms in total. The van der Waals surface area contributed by atoms with Crippen molar-refractivity contribution >= 4 is 15.9 Å². The van der Waals surface area contributed by atoms with Crippen LogP contribution in [-0.2, 0) is 10.2 Å². The first-order valence-corrected chi connectivity index (χ1v) is 8.61. The van der Waals surface area contributed by atoms with E-state index in [1.165, 1.54) is 4.31 Å². The van der Waals surface area contributed by atoms with Crippen molar-refractivity contribution in [2.75, 3.05) is 38.0 Å². The molecule has 1 aromatic carbocycles. The van der Waals surface area contributed by atoms with Crippen molar-refractivity contribution in [3.63, 3.8) is 0 Å². The lowest BCUT2D eigenvalue weighted by atomic mass is 10.3. The summed E-state index contributed by atoms with van der Waals surface area (Å²) in [5.74, 6) is 0.646. The molecule has 0 radical (unpaired) electrons. The Kier molecular flexibility index (Phi) is 7.49. The summed E-state index contributed by atoms with van der Waals surface area (Å²) in [6, 6.07) is 6.93. The second kappa shape index (κ2) is 8.86. The number of benzene rings is 1. The molecule has 0 aliphatic heterocycles. The Labute approximate surface area is 127 Å². The van der Waals surface area contributed by atoms with Crippen LogP contribution in [0.15, 0.2) is 24.3 Å². The maximum absolute atomic E-state index is 12.2. The molecule has 1 rings (SSSR count). The largest absolute Gasteiger partial charge is 0.494 e. The van der Waals surface area contributed by atoms with E-state index in [4.69, 9.17) is 4.74 Å². The van der Waals surface area contributed by atoms with E-state index in [9.17, 15) is 8.42 Å². The number of hydrogen-bond acceptors (Lipinski definition) is 4. The quantitative estimate of drug-likeness (QED) is 0.644. The molecule has 120 valence electrons. The van der Waals surface area contributed by atoms with E-state index in [0.717, 1.165) is 19.5 Å². The Morgan fingerprint density at radius 3 is 2.71 bits per heavy atom. The summed E-state index contributed by atoms with van der Waals surface area (Å²) in [7, 11) is -1.96. The highest BCUT2D eigenvalue weighted by Crippen LogP contribution is 2.19. The van der Waals surface area contributed by atoms with Crippen molar-refractivity contribution < 1.29 is 13.2 Å². The molecule has 0 atom stereocenters. The van der Waals surface area contributed by atoms with Gasteiger partial charge in [-0.1, -0.05) is 13.0 Å². The summed E-state index contributed by atoms with van der Waals surface area (Å²) in [6.45, 7) is 6.60. The summed E-state index contributed by atoms with van der Waals surface area (Å²) in [6.07, 6.45) is 0.768. The summed E-state index contributed by atoms with van der Waals surface area (Å²) in [5.41, 5.74) is 0.500. The Hall–Kier alpha value is -1.31. The molecule has 1 aromatic rings. The van der Waals surface area contributed by atoms with Crippen LogP contribution in [0.4, 0.5) is 5.69 Å². The lowest BCUT2D eigenvalue weighted by Crippen LogP contribution is -2.34. The molecule has 0 aliphatic carbocycles. The molecule has 0 unspecified atom stereocenters. The molecule has 0 heterocycles. The van der Waals surface area contributed by atoms with Gasteiger partial charge in [-0.05, 0) is 38.6 Å². The fourth-order valence-electron chi connectivity index (χ4n) is 1.77. The Bertz CT molecular complexity index is 520. The predicted octanol–water partition coefficient (Wildman–Crippen LogP) is 1.67. The minimum absolute atomic E-state index is 0.466. The Morgan fingerprint density at radius 2 is 2.05 bits per heavy atom. The van der Waals surface area contributed by atoms with Gasteiger partial charge in [0.2, 0.25) is 0 Å². The standard InChI is InChI=1S/C14H25N3O3S/c1-4-15-10-7-11-17(3)21(18,19)16-13-8-6-9-14(12-13)20-5-2/h6,8-9,12,15-16H,4-5,7,10-11H2,1-3H3. The molecule has 0 saturated heterocycles. The van der Waals surface area contributed by atoms with Crippen molar-refractivity contribution in [2.24, 2.45) is 0 Å². The zero-order chi connectivity index (χ0) is 15.7. The first kappa shape index (κ1) is 17.7. The predicted molar refractivity (Wildman–Crippen MR) is 85.9 cm³/mol. The van der Waals surface area contributed by atoms with Crippen LogP contribution in [0.25, 0.3) is 0 Å². The van der Waals surface area contributed by atoms with Crippen molar-refractivity contribution in [1.82, 2.24) is 9.62 Å². The van der Waals surface area contributed by atoms with Crippen LogP contribution in [-0.4, -0.2) is 46.0 Å². The maximum Gasteiger partial charge on any atom is 0.301 e. The van der Waals surface area contributed by atoms with E-state index in [0.29, 0.717) is 24.6 Å². The van der Waals surface area contributed by atoms with E-state index in [1.54, 1.807) is 31.3 Å². The van der Waals surface area contributed by atoms with Crippen molar-refractivity contribution in [3.05, 3.63) is 24.3 Å². The van der Waals surface area contributed by atoms with Gasteiger partial charge in [-0.2, -0.15) is 12.7 Å². The number of hydrogen-bond donors (Lipinski definition) is 2. The molecule has 0 aromatic heterocycles. The van der Waals surface area contributed by atoms with Gasteiger partial charge in [-0.15, -0.1) is 0 Å². The Morgan fingerprint density at radius 1 is 1.29 bits per heavy atom. The number of rotatable bonds is 10. The molecule has 0 amide bonds. The molecule has 2 N–H and O–H groups in total. The molecule has 21 heavy (non-hydrogen) atoms. The van der Waals surface area contributed by atoms with Crippen LogP contribution in [0.5, 0.6) is 5.75 Å². The highest BCUT2D eigenvalue weighted by Gasteiger charge is 2.17. The van der Waals surface area contributed by atoms with Gasteiger partial charge in [0.05, 0.1) is 12.3 Å². The monoisotopic (exact) mass is 315 g/mol. The lowest BCUT2D eigenvalue weighted by molar-refractivity contribution is 0.340. The molecular formula is C14H25N3O3S. The topological polar surface area (TPSA) is 70.7 Å². The van der Waals surface area contributed by atoms with E-state index >= 15 is 0 Å². The van der Waals surface area contributed by atoms with E-state index in [1.807, 2.05) is 13.8 Å². The fraction of sp³-hybridized carbons (Fsp3) is 0.571. The summed E-state index contributed by atoms with van der Waals surface area (Å²) >= 11 is 0. The number of nitrogens with zero attached hydrogens (tertiary/aromatic N) is 1. The van der Waals surface area contributed by atoms with Crippen LogP contribution in [0, 0.1) is 0 Å². The van der Waals surface area contributed by atoms with E-state index in [-0.39, 0.29) is 0 Å².